The fourth-order valence-electron chi connectivity index (χ4n) is 2.48. The van der Waals surface area contributed by atoms with Crippen LogP contribution in [0.25, 0.3) is 0 Å². The molecule has 1 atom stereocenters. The number of nitrogens with one attached hydrogen (secondary N) is 1. The molecule has 1 fully saturated rings. The van der Waals surface area contributed by atoms with E-state index in [1.54, 1.807) is 0 Å². The summed E-state index contributed by atoms with van der Waals surface area (Å²) < 4.78 is 5.95. The molecule has 7 heteroatoms. The molecule has 1 aliphatic rings. The monoisotopic (exact) mass is 383 g/mol. The predicted octanol–water partition coefficient (Wildman–Crippen LogP) is 3.55. The van der Waals surface area contributed by atoms with Gasteiger partial charge in [0.1, 0.15) is 11.8 Å². The van der Waals surface area contributed by atoms with Crippen LogP contribution >= 0.6 is 23.5 Å². The molecule has 1 aromatic rings. The zero-order valence-electron chi connectivity index (χ0n) is 14.6. The molecular weight excluding hydrogens is 358 g/mol. The Labute approximate surface area is 157 Å². The normalized spacial score (nSPS) is 16.4. The minimum absolute atomic E-state index is 0.186. The molecule has 5 nitrogen and oxygen atoms in total. The molecule has 0 bridgehead atoms. The Morgan fingerprint density at radius 2 is 1.88 bits per heavy atom. The molecule has 1 unspecified atom stereocenters. The van der Waals surface area contributed by atoms with Crippen LogP contribution < -0.4 is 10.1 Å². The second-order valence-corrected chi connectivity index (χ2v) is 9.10. The summed E-state index contributed by atoms with van der Waals surface area (Å²) in [6, 6.07) is 6.91. The number of benzene rings is 1. The molecule has 1 heterocycles. The topological polar surface area (TPSA) is 75.6 Å². The molecule has 1 amide bonds. The van der Waals surface area contributed by atoms with E-state index >= 15 is 0 Å². The molecule has 0 spiro atoms. The molecule has 0 saturated carbocycles. The van der Waals surface area contributed by atoms with Crippen molar-refractivity contribution in [1.29, 1.82) is 0 Å². The van der Waals surface area contributed by atoms with E-state index in [0.29, 0.717) is 16.8 Å². The second-order valence-electron chi connectivity index (χ2n) is 6.37. The minimum atomic E-state index is -1.02. The third kappa shape index (κ3) is 6.82. The number of carbonyl (C=O) groups is 2. The first-order valence-corrected chi connectivity index (χ1v) is 10.5. The van der Waals surface area contributed by atoms with E-state index in [1.807, 2.05) is 61.6 Å². The summed E-state index contributed by atoms with van der Waals surface area (Å²) in [5.74, 6) is 1.74. The molecule has 0 aromatic heterocycles. The maximum Gasteiger partial charge on any atom is 0.326 e. The summed E-state index contributed by atoms with van der Waals surface area (Å²) >= 11 is 3.91. The van der Waals surface area contributed by atoms with E-state index in [9.17, 15) is 9.59 Å². The van der Waals surface area contributed by atoms with Crippen molar-refractivity contribution >= 4 is 35.4 Å². The Hall–Kier alpha value is -1.34. The molecule has 2 rings (SSSR count). The average molecular weight is 384 g/mol. The molecule has 0 aliphatic carbocycles. The Morgan fingerprint density at radius 1 is 1.24 bits per heavy atom. The lowest BCUT2D eigenvalue weighted by molar-refractivity contribution is -0.142. The Bertz CT molecular complexity index is 571. The van der Waals surface area contributed by atoms with Crippen LogP contribution in [0.5, 0.6) is 5.75 Å². The first-order chi connectivity index (χ1) is 12.0. The van der Waals surface area contributed by atoms with Gasteiger partial charge in [0.25, 0.3) is 5.91 Å². The van der Waals surface area contributed by atoms with Gasteiger partial charge in [-0.1, -0.05) is 26.0 Å². The number of thioether (sulfide) groups is 2. The third-order valence-corrected chi connectivity index (χ3v) is 6.70. The maximum atomic E-state index is 11.9. The SMILES string of the molecule is CC(C)CC(NC(=O)COc1ccc(C2SCCCS2)cc1)C(=O)O. The summed E-state index contributed by atoms with van der Waals surface area (Å²) in [7, 11) is 0. The highest BCUT2D eigenvalue weighted by Crippen LogP contribution is 2.43. The number of aliphatic carboxylic acids is 1. The molecule has 138 valence electrons. The molecule has 25 heavy (non-hydrogen) atoms. The van der Waals surface area contributed by atoms with E-state index in [-0.39, 0.29) is 12.5 Å². The molecular formula is C18H25NO4S2. The largest absolute Gasteiger partial charge is 0.484 e. The number of carbonyl (C=O) groups excluding carboxylic acids is 1. The van der Waals surface area contributed by atoms with Gasteiger partial charge in [0.2, 0.25) is 0 Å². The Morgan fingerprint density at radius 3 is 2.44 bits per heavy atom. The van der Waals surface area contributed by atoms with Crippen LogP contribution in [-0.2, 0) is 9.59 Å². The average Bonchev–Trinajstić information content (AvgIpc) is 2.60. The van der Waals surface area contributed by atoms with Gasteiger partial charge in [-0.25, -0.2) is 4.79 Å². The fraction of sp³-hybridized carbons (Fsp3) is 0.556. The first kappa shape index (κ1) is 20.0. The first-order valence-electron chi connectivity index (χ1n) is 8.44. The van der Waals surface area contributed by atoms with E-state index in [2.05, 4.69) is 5.32 Å². The van der Waals surface area contributed by atoms with E-state index in [0.717, 1.165) is 0 Å². The van der Waals surface area contributed by atoms with Crippen LogP contribution in [0, 0.1) is 5.92 Å². The molecule has 1 saturated heterocycles. The fourth-order valence-corrected chi connectivity index (χ4v) is 5.37. The number of hydrogen-bond acceptors (Lipinski definition) is 5. The number of carboxylic acids is 1. The summed E-state index contributed by atoms with van der Waals surface area (Å²) in [6.45, 7) is 3.65. The van der Waals surface area contributed by atoms with Crippen molar-refractivity contribution in [3.63, 3.8) is 0 Å². The van der Waals surface area contributed by atoms with Crippen LogP contribution in [0.3, 0.4) is 0 Å². The van der Waals surface area contributed by atoms with Crippen LogP contribution in [0.2, 0.25) is 0 Å². The highest BCUT2D eigenvalue weighted by atomic mass is 32.2. The number of ether oxygens (including phenoxy) is 1. The molecule has 0 radical (unpaired) electrons. The van der Waals surface area contributed by atoms with Crippen molar-refractivity contribution in [2.24, 2.45) is 5.92 Å². The van der Waals surface area contributed by atoms with Crippen molar-refractivity contribution in [3.05, 3.63) is 29.8 Å². The lowest BCUT2D eigenvalue weighted by atomic mass is 10.0. The van der Waals surface area contributed by atoms with Crippen LogP contribution in [0.15, 0.2) is 24.3 Å². The lowest BCUT2D eigenvalue weighted by Crippen LogP contribution is -2.43. The van der Waals surface area contributed by atoms with Gasteiger partial charge in [-0.3, -0.25) is 4.79 Å². The van der Waals surface area contributed by atoms with Crippen LogP contribution in [0.1, 0.15) is 36.8 Å². The molecule has 1 aliphatic heterocycles. The third-order valence-electron chi connectivity index (χ3n) is 3.69. The van der Waals surface area contributed by atoms with Gasteiger partial charge in [0.15, 0.2) is 6.61 Å². The molecule has 2 N–H and O–H groups in total. The highest BCUT2D eigenvalue weighted by Gasteiger charge is 2.21. The highest BCUT2D eigenvalue weighted by molar-refractivity contribution is 8.16. The van der Waals surface area contributed by atoms with E-state index < -0.39 is 17.9 Å². The zero-order valence-corrected chi connectivity index (χ0v) is 16.2. The summed E-state index contributed by atoms with van der Waals surface area (Å²) in [5.41, 5.74) is 1.26. The van der Waals surface area contributed by atoms with Crippen molar-refractivity contribution in [3.8, 4) is 5.75 Å². The Kier molecular flexibility index (Phi) is 7.96. The van der Waals surface area contributed by atoms with Gasteiger partial charge >= 0.3 is 5.97 Å². The number of amides is 1. The van der Waals surface area contributed by atoms with Gasteiger partial charge in [0.05, 0.1) is 4.58 Å². The van der Waals surface area contributed by atoms with Gasteiger partial charge in [-0.05, 0) is 48.0 Å². The molecule has 1 aromatic carbocycles. The standard InChI is InChI=1S/C18H25NO4S2/c1-12(2)10-15(17(21)22)19-16(20)11-23-14-6-4-13(5-7-14)18-24-8-3-9-25-18/h4-7,12,15,18H,3,8-11H2,1-2H3,(H,19,20)(H,21,22). The number of hydrogen-bond donors (Lipinski definition) is 2. The summed E-state index contributed by atoms with van der Waals surface area (Å²) in [5, 5.41) is 11.7. The van der Waals surface area contributed by atoms with Gasteiger partial charge < -0.3 is 15.2 Å². The minimum Gasteiger partial charge on any atom is -0.484 e. The van der Waals surface area contributed by atoms with Gasteiger partial charge in [-0.2, -0.15) is 0 Å². The summed E-state index contributed by atoms with van der Waals surface area (Å²) in [4.78, 5) is 23.1. The van der Waals surface area contributed by atoms with Crippen molar-refractivity contribution in [2.45, 2.75) is 37.3 Å². The van der Waals surface area contributed by atoms with Crippen molar-refractivity contribution in [2.75, 3.05) is 18.1 Å². The van der Waals surface area contributed by atoms with Crippen molar-refractivity contribution < 1.29 is 19.4 Å². The summed E-state index contributed by atoms with van der Waals surface area (Å²) in [6.07, 6.45) is 1.66. The zero-order chi connectivity index (χ0) is 18.2. The van der Waals surface area contributed by atoms with Gasteiger partial charge in [0, 0.05) is 0 Å². The van der Waals surface area contributed by atoms with E-state index in [4.69, 9.17) is 9.84 Å². The predicted molar refractivity (Wildman–Crippen MR) is 103 cm³/mol. The number of rotatable bonds is 8. The van der Waals surface area contributed by atoms with E-state index in [1.165, 1.54) is 23.5 Å². The second kappa shape index (κ2) is 9.97. The van der Waals surface area contributed by atoms with Gasteiger partial charge in [-0.15, -0.1) is 23.5 Å². The maximum absolute atomic E-state index is 11.9. The smallest absolute Gasteiger partial charge is 0.326 e. The Balaban J connectivity index is 1.81. The quantitative estimate of drug-likeness (QED) is 0.715. The van der Waals surface area contributed by atoms with Crippen molar-refractivity contribution in [1.82, 2.24) is 5.32 Å². The lowest BCUT2D eigenvalue weighted by Gasteiger charge is -2.21. The van der Waals surface area contributed by atoms with Crippen LogP contribution in [0.4, 0.5) is 0 Å². The van der Waals surface area contributed by atoms with Crippen LogP contribution in [-0.4, -0.2) is 41.1 Å². The number of carboxylic acid groups (broad SMARTS) is 1.